The molecular formula is C23H20N4O2. The first-order chi connectivity index (χ1) is 14.1. The van der Waals surface area contributed by atoms with Gasteiger partial charge in [-0.3, -0.25) is 14.6 Å². The lowest BCUT2D eigenvalue weighted by molar-refractivity contribution is 0.101. The third-order valence-electron chi connectivity index (χ3n) is 4.75. The topological polar surface area (TPSA) is 76.9 Å². The Bertz CT molecular complexity index is 1260. The van der Waals surface area contributed by atoms with Gasteiger partial charge in [0.15, 0.2) is 5.78 Å². The number of hydrogen-bond acceptors (Lipinski definition) is 5. The van der Waals surface area contributed by atoms with E-state index >= 15 is 0 Å². The van der Waals surface area contributed by atoms with Gasteiger partial charge in [-0.1, -0.05) is 48.5 Å². The molecule has 0 spiro atoms. The summed E-state index contributed by atoms with van der Waals surface area (Å²) in [5, 5.41) is 8.61. The molecule has 2 aromatic carbocycles. The van der Waals surface area contributed by atoms with Crippen molar-refractivity contribution in [1.29, 1.82) is 0 Å². The smallest absolute Gasteiger partial charge is 0.291 e. The molecule has 0 saturated heterocycles. The number of pyridine rings is 1. The van der Waals surface area contributed by atoms with Crippen molar-refractivity contribution in [2.24, 2.45) is 0 Å². The lowest BCUT2D eigenvalue weighted by Gasteiger charge is -2.16. The highest BCUT2D eigenvalue weighted by molar-refractivity contribution is 6.06. The predicted octanol–water partition coefficient (Wildman–Crippen LogP) is 4.42. The maximum Gasteiger partial charge on any atom is 0.291 e. The van der Waals surface area contributed by atoms with Gasteiger partial charge < -0.3 is 5.32 Å². The van der Waals surface area contributed by atoms with Crippen molar-refractivity contribution in [2.75, 3.05) is 5.32 Å². The summed E-state index contributed by atoms with van der Waals surface area (Å²) in [6.45, 7) is 3.69. The van der Waals surface area contributed by atoms with E-state index in [-0.39, 0.29) is 22.6 Å². The Morgan fingerprint density at radius 3 is 2.52 bits per heavy atom. The molecule has 0 aliphatic heterocycles. The van der Waals surface area contributed by atoms with E-state index in [0.717, 1.165) is 16.5 Å². The summed E-state index contributed by atoms with van der Waals surface area (Å²) in [5.74, 6) is -0.229. The van der Waals surface area contributed by atoms with E-state index in [1.807, 2.05) is 67.6 Å². The van der Waals surface area contributed by atoms with Gasteiger partial charge in [0.1, 0.15) is 11.4 Å². The van der Waals surface area contributed by atoms with E-state index < -0.39 is 0 Å². The van der Waals surface area contributed by atoms with Crippen molar-refractivity contribution in [3.8, 4) is 11.3 Å². The molecule has 0 unspecified atom stereocenters. The number of anilines is 2. The molecule has 4 aromatic rings. The molecule has 2 aromatic heterocycles. The number of aromatic nitrogens is 3. The Balaban J connectivity index is 1.99. The minimum Gasteiger partial charge on any atom is -0.349 e. The summed E-state index contributed by atoms with van der Waals surface area (Å²) in [6.07, 6.45) is 1.70. The number of Topliss-reactive ketones (excluding diaryl/α,β-unsaturated/α-hetero) is 1. The fourth-order valence-corrected chi connectivity index (χ4v) is 3.38. The van der Waals surface area contributed by atoms with Gasteiger partial charge in [-0.25, -0.2) is 4.68 Å². The number of nitrogens with one attached hydrogen (secondary N) is 1. The van der Waals surface area contributed by atoms with Gasteiger partial charge in [0.05, 0.1) is 16.8 Å². The quantitative estimate of drug-likeness (QED) is 0.515. The molecule has 0 atom stereocenters. The summed E-state index contributed by atoms with van der Waals surface area (Å²) >= 11 is 0. The van der Waals surface area contributed by atoms with Crippen LogP contribution >= 0.6 is 0 Å². The number of carbonyl (C=O) groups is 1. The number of fused-ring (bicyclic) bond motifs is 1. The molecule has 0 radical (unpaired) electrons. The number of ketones is 1. The second-order valence-corrected chi connectivity index (χ2v) is 6.65. The molecule has 6 heteroatoms. The molecule has 29 heavy (non-hydrogen) atoms. The monoisotopic (exact) mass is 384 g/mol. The summed E-state index contributed by atoms with van der Waals surface area (Å²) in [5.41, 5.74) is 2.80. The first kappa shape index (κ1) is 18.6. The molecule has 0 saturated carbocycles. The molecule has 6 nitrogen and oxygen atoms in total. The molecule has 4 rings (SSSR count). The second-order valence-electron chi connectivity index (χ2n) is 6.65. The van der Waals surface area contributed by atoms with Crippen molar-refractivity contribution in [1.82, 2.24) is 14.8 Å². The Labute approximate surface area is 167 Å². The van der Waals surface area contributed by atoms with Gasteiger partial charge in [-0.05, 0) is 26.0 Å². The lowest BCUT2D eigenvalue weighted by Crippen LogP contribution is -2.28. The van der Waals surface area contributed by atoms with Gasteiger partial charge in [0.25, 0.3) is 5.56 Å². The van der Waals surface area contributed by atoms with Crippen LogP contribution in [0.2, 0.25) is 0 Å². The van der Waals surface area contributed by atoms with Crippen LogP contribution in [-0.2, 0) is 6.54 Å². The summed E-state index contributed by atoms with van der Waals surface area (Å²) < 4.78 is 1.37. The van der Waals surface area contributed by atoms with E-state index in [2.05, 4.69) is 15.4 Å². The molecule has 2 heterocycles. The number of nitrogens with zero attached hydrogens (tertiary/aromatic N) is 3. The largest absolute Gasteiger partial charge is 0.349 e. The molecule has 0 aliphatic carbocycles. The minimum absolute atomic E-state index is 0.214. The van der Waals surface area contributed by atoms with Crippen LogP contribution in [0.1, 0.15) is 24.2 Å². The van der Waals surface area contributed by atoms with Crippen LogP contribution in [0.5, 0.6) is 0 Å². The zero-order valence-corrected chi connectivity index (χ0v) is 16.2. The molecule has 0 bridgehead atoms. The van der Waals surface area contributed by atoms with Crippen LogP contribution in [-0.4, -0.2) is 20.5 Å². The van der Waals surface area contributed by atoms with Gasteiger partial charge in [0, 0.05) is 23.7 Å². The maximum atomic E-state index is 13.1. The highest BCUT2D eigenvalue weighted by Crippen LogP contribution is 2.29. The first-order valence-electron chi connectivity index (χ1n) is 9.42. The third-order valence-corrected chi connectivity index (χ3v) is 4.75. The zero-order chi connectivity index (χ0) is 20.4. The molecule has 0 amide bonds. The van der Waals surface area contributed by atoms with E-state index in [4.69, 9.17) is 0 Å². The third kappa shape index (κ3) is 3.40. The van der Waals surface area contributed by atoms with Gasteiger partial charge in [-0.15, -0.1) is 0 Å². The number of para-hydroxylation sites is 1. The molecule has 0 fully saturated rings. The van der Waals surface area contributed by atoms with Gasteiger partial charge in [0.2, 0.25) is 0 Å². The minimum atomic E-state index is -0.342. The highest BCUT2D eigenvalue weighted by Gasteiger charge is 2.22. The van der Waals surface area contributed by atoms with Crippen LogP contribution < -0.4 is 10.9 Å². The number of hydrogen-bond donors (Lipinski definition) is 1. The van der Waals surface area contributed by atoms with Crippen molar-refractivity contribution in [3.63, 3.8) is 0 Å². The summed E-state index contributed by atoms with van der Waals surface area (Å²) in [7, 11) is 0. The van der Waals surface area contributed by atoms with Gasteiger partial charge >= 0.3 is 0 Å². The molecule has 144 valence electrons. The number of aryl methyl sites for hydroxylation is 1. The second kappa shape index (κ2) is 7.67. The standard InChI is InChI=1S/C23H20N4O2/c1-3-27-23(29)22(25-18-13-7-11-16-12-8-14-24-20(16)18)19(15(2)28)21(26-27)17-9-5-4-6-10-17/h4-14,25H,3H2,1-2H3. The highest BCUT2D eigenvalue weighted by atomic mass is 16.1. The van der Waals surface area contributed by atoms with Crippen LogP contribution in [0.4, 0.5) is 11.4 Å². The average molecular weight is 384 g/mol. The van der Waals surface area contributed by atoms with E-state index in [9.17, 15) is 9.59 Å². The van der Waals surface area contributed by atoms with Crippen LogP contribution in [0.25, 0.3) is 22.2 Å². The van der Waals surface area contributed by atoms with Crippen molar-refractivity contribution >= 4 is 28.1 Å². The summed E-state index contributed by atoms with van der Waals surface area (Å²) in [4.78, 5) is 30.2. The van der Waals surface area contributed by atoms with Gasteiger partial charge in [-0.2, -0.15) is 5.10 Å². The maximum absolute atomic E-state index is 13.1. The van der Waals surface area contributed by atoms with E-state index in [1.165, 1.54) is 11.6 Å². The Hall–Kier alpha value is -3.80. The molecule has 1 N–H and O–H groups in total. The zero-order valence-electron chi connectivity index (χ0n) is 16.2. The van der Waals surface area contributed by atoms with Crippen LogP contribution in [0.3, 0.4) is 0 Å². The Kier molecular flexibility index (Phi) is 4.91. The lowest BCUT2D eigenvalue weighted by atomic mass is 10.0. The van der Waals surface area contributed by atoms with E-state index in [1.54, 1.807) is 6.20 Å². The number of benzene rings is 2. The van der Waals surface area contributed by atoms with Crippen molar-refractivity contribution in [3.05, 3.63) is 82.8 Å². The van der Waals surface area contributed by atoms with Crippen LogP contribution in [0, 0.1) is 0 Å². The normalized spacial score (nSPS) is 10.8. The first-order valence-corrected chi connectivity index (χ1v) is 9.42. The Morgan fingerprint density at radius 2 is 1.79 bits per heavy atom. The number of carbonyl (C=O) groups excluding carboxylic acids is 1. The molecular weight excluding hydrogens is 364 g/mol. The number of rotatable bonds is 5. The predicted molar refractivity (Wildman–Crippen MR) is 115 cm³/mol. The Morgan fingerprint density at radius 1 is 1.03 bits per heavy atom. The molecule has 0 aliphatic rings. The van der Waals surface area contributed by atoms with Crippen LogP contribution in [0.15, 0.2) is 71.7 Å². The summed E-state index contributed by atoms with van der Waals surface area (Å²) in [6, 6.07) is 18.9. The SMILES string of the molecule is CCn1nc(-c2ccccc2)c(C(C)=O)c(Nc2cccc3cccnc23)c1=O. The average Bonchev–Trinajstić information content (AvgIpc) is 2.75. The fraction of sp³-hybridized carbons (Fsp3) is 0.130. The fourth-order valence-electron chi connectivity index (χ4n) is 3.38. The van der Waals surface area contributed by atoms with Crippen molar-refractivity contribution < 1.29 is 4.79 Å². The van der Waals surface area contributed by atoms with Crippen molar-refractivity contribution in [2.45, 2.75) is 20.4 Å². The van der Waals surface area contributed by atoms with E-state index in [0.29, 0.717) is 17.9 Å².